The SMILES string of the molecule is NCC#Cc1ccc(NS(=O)(=O)C(F)F)c(F)c1. The Balaban J connectivity index is 3.00. The van der Waals surface area contributed by atoms with Gasteiger partial charge in [0.1, 0.15) is 5.82 Å². The molecule has 0 amide bonds. The van der Waals surface area contributed by atoms with Crippen LogP contribution in [-0.2, 0) is 10.0 Å². The molecule has 1 aromatic carbocycles. The first-order valence-corrected chi connectivity index (χ1v) is 6.19. The highest BCUT2D eigenvalue weighted by Crippen LogP contribution is 2.18. The Hall–Kier alpha value is -1.72. The maximum Gasteiger partial charge on any atom is 0.355 e. The largest absolute Gasteiger partial charge is 0.355 e. The van der Waals surface area contributed by atoms with Crippen LogP contribution in [0.15, 0.2) is 18.2 Å². The molecule has 1 rings (SSSR count). The molecule has 0 saturated carbocycles. The summed E-state index contributed by atoms with van der Waals surface area (Å²) in [6, 6.07) is 3.22. The zero-order valence-electron chi connectivity index (χ0n) is 8.95. The molecule has 3 N–H and O–H groups in total. The fourth-order valence-electron chi connectivity index (χ4n) is 1.03. The molecule has 0 bridgehead atoms. The summed E-state index contributed by atoms with van der Waals surface area (Å²) in [5.41, 5.74) is 4.82. The van der Waals surface area contributed by atoms with Gasteiger partial charge in [0.25, 0.3) is 10.0 Å². The molecule has 0 radical (unpaired) electrons. The molecule has 18 heavy (non-hydrogen) atoms. The Morgan fingerprint density at radius 3 is 2.56 bits per heavy atom. The minimum absolute atomic E-state index is 0.0847. The van der Waals surface area contributed by atoms with Crippen molar-refractivity contribution < 1.29 is 21.6 Å². The summed E-state index contributed by atoms with van der Waals surface area (Å²) in [6.45, 7) is 0.0847. The van der Waals surface area contributed by atoms with E-state index in [1.54, 1.807) is 0 Å². The number of halogens is 3. The molecule has 0 spiro atoms. The Labute approximate surface area is 102 Å². The van der Waals surface area contributed by atoms with Gasteiger partial charge in [-0.25, -0.2) is 12.8 Å². The van der Waals surface area contributed by atoms with Crippen molar-refractivity contribution in [2.24, 2.45) is 5.73 Å². The Kier molecular flexibility index (Phi) is 4.58. The lowest BCUT2D eigenvalue weighted by Gasteiger charge is -2.07. The highest BCUT2D eigenvalue weighted by Gasteiger charge is 2.24. The lowest BCUT2D eigenvalue weighted by molar-refractivity contribution is 0.236. The van der Waals surface area contributed by atoms with Crippen LogP contribution in [0, 0.1) is 17.7 Å². The molecule has 1 aromatic rings. The summed E-state index contributed by atoms with van der Waals surface area (Å²) >= 11 is 0. The van der Waals surface area contributed by atoms with Crippen LogP contribution in [0.2, 0.25) is 0 Å². The standard InChI is InChI=1S/C10H9F3N2O2S/c11-8-6-7(2-1-5-14)3-4-9(8)15-18(16,17)10(12)13/h3-4,6,10,15H,5,14H2. The summed E-state index contributed by atoms with van der Waals surface area (Å²) in [5.74, 6) is 0.360. The second-order valence-corrected chi connectivity index (χ2v) is 4.76. The third kappa shape index (κ3) is 3.65. The molecule has 0 fully saturated rings. The molecule has 4 nitrogen and oxygen atoms in total. The summed E-state index contributed by atoms with van der Waals surface area (Å²) in [7, 11) is -4.88. The fourth-order valence-corrected chi connectivity index (χ4v) is 1.59. The van der Waals surface area contributed by atoms with Gasteiger partial charge in [0.2, 0.25) is 0 Å². The van der Waals surface area contributed by atoms with Crippen molar-refractivity contribution in [3.63, 3.8) is 0 Å². The predicted octanol–water partition coefficient (Wildman–Crippen LogP) is 1.10. The zero-order chi connectivity index (χ0) is 13.8. The van der Waals surface area contributed by atoms with Crippen LogP contribution in [0.4, 0.5) is 18.9 Å². The maximum absolute atomic E-state index is 13.4. The van der Waals surface area contributed by atoms with E-state index in [9.17, 15) is 21.6 Å². The van der Waals surface area contributed by atoms with Crippen LogP contribution in [0.1, 0.15) is 5.56 Å². The van der Waals surface area contributed by atoms with Crippen LogP contribution in [0.25, 0.3) is 0 Å². The molecule has 0 aromatic heterocycles. The number of alkyl halides is 2. The third-order valence-corrected chi connectivity index (χ3v) is 2.76. The first-order valence-electron chi connectivity index (χ1n) is 4.65. The van der Waals surface area contributed by atoms with Crippen LogP contribution in [-0.4, -0.2) is 20.7 Å². The topological polar surface area (TPSA) is 72.2 Å². The molecular formula is C10H9F3N2O2S. The zero-order valence-corrected chi connectivity index (χ0v) is 9.77. The van der Waals surface area contributed by atoms with Crippen molar-refractivity contribution in [1.82, 2.24) is 0 Å². The quantitative estimate of drug-likeness (QED) is 0.813. The van der Waals surface area contributed by atoms with Gasteiger partial charge in [-0.05, 0) is 18.2 Å². The Morgan fingerprint density at radius 1 is 1.39 bits per heavy atom. The second-order valence-electron chi connectivity index (χ2n) is 3.11. The summed E-state index contributed by atoms with van der Waals surface area (Å²) in [4.78, 5) is 0. The van der Waals surface area contributed by atoms with E-state index in [1.165, 1.54) is 10.8 Å². The number of hydrogen-bond donors (Lipinski definition) is 2. The van der Waals surface area contributed by atoms with Crippen molar-refractivity contribution in [2.45, 2.75) is 5.76 Å². The lowest BCUT2D eigenvalue weighted by Crippen LogP contribution is -2.21. The molecule has 8 heteroatoms. The van der Waals surface area contributed by atoms with Gasteiger partial charge in [0.05, 0.1) is 12.2 Å². The second kappa shape index (κ2) is 5.75. The molecule has 0 aliphatic carbocycles. The van der Waals surface area contributed by atoms with Crippen LogP contribution < -0.4 is 10.5 Å². The smallest absolute Gasteiger partial charge is 0.320 e. The number of nitrogens with one attached hydrogen (secondary N) is 1. The average molecular weight is 278 g/mol. The molecule has 98 valence electrons. The summed E-state index contributed by atoms with van der Waals surface area (Å²) in [5, 5.41) is 0. The minimum atomic E-state index is -4.88. The van der Waals surface area contributed by atoms with Gasteiger partial charge in [0, 0.05) is 5.56 Å². The maximum atomic E-state index is 13.4. The predicted molar refractivity (Wildman–Crippen MR) is 60.9 cm³/mol. The third-order valence-electron chi connectivity index (χ3n) is 1.79. The average Bonchev–Trinajstić information content (AvgIpc) is 2.29. The van der Waals surface area contributed by atoms with Crippen LogP contribution >= 0.6 is 0 Å². The number of nitrogens with two attached hydrogens (primary N) is 1. The lowest BCUT2D eigenvalue weighted by atomic mass is 10.2. The van der Waals surface area contributed by atoms with Crippen molar-refractivity contribution >= 4 is 15.7 Å². The number of anilines is 1. The van der Waals surface area contributed by atoms with Gasteiger partial charge in [-0.1, -0.05) is 11.8 Å². The Morgan fingerprint density at radius 2 is 2.06 bits per heavy atom. The number of hydrogen-bond acceptors (Lipinski definition) is 3. The molecule has 0 aliphatic rings. The number of rotatable bonds is 3. The van der Waals surface area contributed by atoms with Crippen LogP contribution in [0.3, 0.4) is 0 Å². The van der Waals surface area contributed by atoms with Gasteiger partial charge in [0.15, 0.2) is 0 Å². The summed E-state index contributed by atoms with van der Waals surface area (Å²) < 4.78 is 60.7. The normalized spacial score (nSPS) is 10.9. The van der Waals surface area contributed by atoms with E-state index < -0.39 is 27.3 Å². The van der Waals surface area contributed by atoms with Gasteiger partial charge in [-0.15, -0.1) is 0 Å². The highest BCUT2D eigenvalue weighted by atomic mass is 32.2. The van der Waals surface area contributed by atoms with Gasteiger partial charge in [-0.3, -0.25) is 4.72 Å². The minimum Gasteiger partial charge on any atom is -0.320 e. The molecular weight excluding hydrogens is 269 g/mol. The van der Waals surface area contributed by atoms with Crippen molar-refractivity contribution in [3.05, 3.63) is 29.6 Å². The van der Waals surface area contributed by atoms with Crippen molar-refractivity contribution in [2.75, 3.05) is 11.3 Å². The van der Waals surface area contributed by atoms with Crippen LogP contribution in [0.5, 0.6) is 0 Å². The van der Waals surface area contributed by atoms with E-state index in [-0.39, 0.29) is 12.1 Å². The summed E-state index contributed by atoms with van der Waals surface area (Å²) in [6.07, 6.45) is 0. The molecule has 0 aliphatic heterocycles. The number of sulfonamides is 1. The van der Waals surface area contributed by atoms with E-state index in [0.29, 0.717) is 0 Å². The highest BCUT2D eigenvalue weighted by molar-refractivity contribution is 7.93. The van der Waals surface area contributed by atoms with Crippen molar-refractivity contribution in [3.8, 4) is 11.8 Å². The monoisotopic (exact) mass is 278 g/mol. The van der Waals surface area contributed by atoms with E-state index >= 15 is 0 Å². The van der Waals surface area contributed by atoms with E-state index in [4.69, 9.17) is 5.73 Å². The van der Waals surface area contributed by atoms with E-state index in [2.05, 4.69) is 11.8 Å². The Bertz CT molecular complexity index is 591. The molecule has 0 heterocycles. The van der Waals surface area contributed by atoms with Crippen molar-refractivity contribution in [1.29, 1.82) is 0 Å². The van der Waals surface area contributed by atoms with E-state index in [1.807, 2.05) is 0 Å². The van der Waals surface area contributed by atoms with Gasteiger partial charge in [-0.2, -0.15) is 8.78 Å². The number of benzene rings is 1. The van der Waals surface area contributed by atoms with Gasteiger partial charge < -0.3 is 5.73 Å². The van der Waals surface area contributed by atoms with Gasteiger partial charge >= 0.3 is 5.76 Å². The first-order chi connectivity index (χ1) is 8.36. The first kappa shape index (κ1) is 14.3. The molecule has 0 unspecified atom stereocenters. The fraction of sp³-hybridized carbons (Fsp3) is 0.200. The van der Waals surface area contributed by atoms with E-state index in [0.717, 1.165) is 12.1 Å². The molecule has 0 saturated heterocycles. The molecule has 0 atom stereocenters.